The maximum Gasteiger partial charge on any atom is 0.415 e. The summed E-state index contributed by atoms with van der Waals surface area (Å²) < 4.78 is 42.8. The van der Waals surface area contributed by atoms with Gasteiger partial charge in [0.1, 0.15) is 0 Å². The summed E-state index contributed by atoms with van der Waals surface area (Å²) >= 11 is 0. The molecule has 1 aromatic rings. The number of nitrogens with one attached hydrogen (secondary N) is 2. The first-order chi connectivity index (χ1) is 16.4. The second-order valence-electron chi connectivity index (χ2n) is 11.9. The zero-order valence-corrected chi connectivity index (χ0v) is 20.6. The van der Waals surface area contributed by atoms with E-state index in [0.717, 1.165) is 39.0 Å². The summed E-state index contributed by atoms with van der Waals surface area (Å²) in [6.45, 7) is 5.43. The Morgan fingerprint density at radius 1 is 1.03 bits per heavy atom. The average Bonchev–Trinajstić information content (AvgIpc) is 3.16. The molecule has 4 nitrogen and oxygen atoms in total. The van der Waals surface area contributed by atoms with Crippen molar-refractivity contribution in [1.82, 2.24) is 10.6 Å². The molecule has 0 unspecified atom stereocenters. The van der Waals surface area contributed by atoms with Crippen molar-refractivity contribution < 1.29 is 22.8 Å². The number of fused-ring (bicyclic) bond motifs is 5. The maximum atomic E-state index is 14.3. The molecule has 0 bridgehead atoms. The highest BCUT2D eigenvalue weighted by Gasteiger charge is 2.62. The minimum absolute atomic E-state index is 0.0321. The molecular formula is C28H35F3N2O2. The van der Waals surface area contributed by atoms with Gasteiger partial charge in [0.05, 0.1) is 0 Å². The lowest BCUT2D eigenvalue weighted by molar-refractivity contribution is -0.199. The van der Waals surface area contributed by atoms with Crippen LogP contribution in [0.1, 0.15) is 64.9 Å². The minimum Gasteiger partial charge on any atom is -0.349 e. The quantitative estimate of drug-likeness (QED) is 0.591. The van der Waals surface area contributed by atoms with Crippen molar-refractivity contribution >= 4 is 11.8 Å². The van der Waals surface area contributed by atoms with Crippen LogP contribution in [-0.2, 0) is 15.1 Å². The summed E-state index contributed by atoms with van der Waals surface area (Å²) in [5, 5.41) is 5.60. The molecule has 35 heavy (non-hydrogen) atoms. The predicted molar refractivity (Wildman–Crippen MR) is 127 cm³/mol. The zero-order valence-electron chi connectivity index (χ0n) is 20.6. The number of benzene rings is 1. The summed E-state index contributed by atoms with van der Waals surface area (Å²) in [6.07, 6.45) is 4.22. The van der Waals surface area contributed by atoms with Crippen LogP contribution >= 0.6 is 0 Å². The first kappa shape index (κ1) is 24.4. The van der Waals surface area contributed by atoms with Gasteiger partial charge in [0.2, 0.25) is 11.8 Å². The monoisotopic (exact) mass is 488 g/mol. The fraction of sp³-hybridized carbons (Fsp3) is 0.643. The summed E-state index contributed by atoms with van der Waals surface area (Å²) in [6, 6.07) is 7.79. The molecule has 1 aromatic carbocycles. The van der Waals surface area contributed by atoms with E-state index in [9.17, 15) is 22.8 Å². The van der Waals surface area contributed by atoms with Gasteiger partial charge in [0.25, 0.3) is 0 Å². The van der Waals surface area contributed by atoms with Crippen LogP contribution < -0.4 is 10.6 Å². The van der Waals surface area contributed by atoms with Gasteiger partial charge < -0.3 is 10.6 Å². The molecule has 2 amide bonds. The first-order valence-electron chi connectivity index (χ1n) is 12.8. The molecule has 1 heterocycles. The molecule has 4 aliphatic rings. The summed E-state index contributed by atoms with van der Waals surface area (Å²) in [4.78, 5) is 25.5. The van der Waals surface area contributed by atoms with Gasteiger partial charge in [-0.3, -0.25) is 9.59 Å². The van der Waals surface area contributed by atoms with Crippen molar-refractivity contribution in [3.05, 3.63) is 48.0 Å². The fourth-order valence-corrected chi connectivity index (χ4v) is 8.18. The highest BCUT2D eigenvalue weighted by atomic mass is 19.4. The van der Waals surface area contributed by atoms with Gasteiger partial charge in [-0.15, -0.1) is 0 Å². The highest BCUT2D eigenvalue weighted by molar-refractivity contribution is 5.89. The lowest BCUT2D eigenvalue weighted by atomic mass is 9.48. The van der Waals surface area contributed by atoms with E-state index >= 15 is 0 Å². The van der Waals surface area contributed by atoms with Crippen molar-refractivity contribution in [3.63, 3.8) is 0 Å². The number of hydrogen-bond acceptors (Lipinski definition) is 2. The van der Waals surface area contributed by atoms with Gasteiger partial charge in [-0.25, -0.2) is 0 Å². The third-order valence-corrected chi connectivity index (χ3v) is 10.3. The maximum absolute atomic E-state index is 14.3. The SMILES string of the molecule is C[C@]12C=CC(=O)N[C@@H]1CC[C@@H]1[C@@H]2CC[C@]2(C)[C@@H](C(=O)N[C@](C)(c3ccccc3)C(F)(F)F)CC[C@@H]12. The van der Waals surface area contributed by atoms with E-state index in [1.807, 2.05) is 0 Å². The predicted octanol–water partition coefficient (Wildman–Crippen LogP) is 5.49. The third kappa shape index (κ3) is 3.63. The van der Waals surface area contributed by atoms with Gasteiger partial charge in [-0.2, -0.15) is 13.2 Å². The molecule has 0 spiro atoms. The van der Waals surface area contributed by atoms with Crippen LogP contribution in [0, 0.1) is 34.5 Å². The molecule has 2 N–H and O–H groups in total. The number of carbonyl (C=O) groups is 2. The Balaban J connectivity index is 1.39. The normalized spacial score (nSPS) is 40.1. The molecule has 5 rings (SSSR count). The van der Waals surface area contributed by atoms with Crippen LogP contribution in [0.25, 0.3) is 0 Å². The largest absolute Gasteiger partial charge is 0.415 e. The minimum atomic E-state index is -4.62. The van der Waals surface area contributed by atoms with Crippen molar-refractivity contribution in [2.75, 3.05) is 0 Å². The van der Waals surface area contributed by atoms with Gasteiger partial charge in [0.15, 0.2) is 5.54 Å². The molecule has 3 saturated carbocycles. The Bertz CT molecular complexity index is 1040. The van der Waals surface area contributed by atoms with Gasteiger partial charge in [-0.05, 0) is 80.3 Å². The molecule has 0 aromatic heterocycles. The molecule has 7 heteroatoms. The van der Waals surface area contributed by atoms with Gasteiger partial charge >= 0.3 is 6.18 Å². The van der Waals surface area contributed by atoms with Crippen LogP contribution in [0.2, 0.25) is 0 Å². The number of alkyl halides is 3. The number of hydrogen-bond donors (Lipinski definition) is 2. The van der Waals surface area contributed by atoms with Crippen LogP contribution in [0.5, 0.6) is 0 Å². The van der Waals surface area contributed by atoms with E-state index in [4.69, 9.17) is 0 Å². The van der Waals surface area contributed by atoms with Gasteiger partial charge in [-0.1, -0.05) is 50.3 Å². The summed E-state index contributed by atoms with van der Waals surface area (Å²) in [5.74, 6) is 0.163. The van der Waals surface area contributed by atoms with E-state index in [2.05, 4.69) is 30.6 Å². The lowest BCUT2D eigenvalue weighted by Gasteiger charge is -2.58. The van der Waals surface area contributed by atoms with Crippen molar-refractivity contribution in [2.45, 2.75) is 77.1 Å². The highest BCUT2D eigenvalue weighted by Crippen LogP contribution is 2.65. The smallest absolute Gasteiger partial charge is 0.349 e. The number of rotatable bonds is 3. The van der Waals surface area contributed by atoms with E-state index < -0.39 is 23.5 Å². The Labute approximate surface area is 205 Å². The third-order valence-electron chi connectivity index (χ3n) is 10.3. The Morgan fingerprint density at radius 2 is 1.74 bits per heavy atom. The lowest BCUT2D eigenvalue weighted by Crippen LogP contribution is -2.60. The molecule has 0 radical (unpaired) electrons. The fourth-order valence-electron chi connectivity index (χ4n) is 8.18. The van der Waals surface area contributed by atoms with Crippen LogP contribution in [-0.4, -0.2) is 24.0 Å². The standard InChI is InChI=1S/C28H35F3N2O2/c1-25-15-13-20-18(9-12-22-26(20,2)16-14-23(34)32-22)19(25)10-11-21(25)24(35)33-27(3,28(29,30)31)17-7-5-4-6-8-17/h4-8,14,16,18-22H,9-13,15H2,1-3H3,(H,32,34)(H,33,35)/t18-,19-,20-,21+,22+,25-,26+,27+/m0/s1. The van der Waals surface area contributed by atoms with Crippen LogP contribution in [0.15, 0.2) is 42.5 Å². The van der Waals surface area contributed by atoms with Crippen molar-refractivity contribution in [1.29, 1.82) is 0 Å². The molecule has 3 fully saturated rings. The van der Waals surface area contributed by atoms with Gasteiger partial charge in [0, 0.05) is 17.4 Å². The Hall–Kier alpha value is -2.31. The molecule has 3 aliphatic carbocycles. The molecule has 8 atom stereocenters. The average molecular weight is 489 g/mol. The zero-order chi connectivity index (χ0) is 25.2. The summed E-state index contributed by atoms with van der Waals surface area (Å²) in [5.41, 5.74) is -2.82. The van der Waals surface area contributed by atoms with Crippen molar-refractivity contribution in [3.8, 4) is 0 Å². The number of amides is 2. The number of carbonyl (C=O) groups excluding carboxylic acids is 2. The second kappa shape index (κ2) is 8.10. The van der Waals surface area contributed by atoms with E-state index in [1.165, 1.54) is 12.1 Å². The first-order valence-corrected chi connectivity index (χ1v) is 12.8. The molecular weight excluding hydrogens is 453 g/mol. The van der Waals surface area contributed by atoms with E-state index in [1.54, 1.807) is 24.3 Å². The molecule has 0 saturated heterocycles. The van der Waals surface area contributed by atoms with Crippen LogP contribution in [0.4, 0.5) is 13.2 Å². The molecule has 190 valence electrons. The summed E-state index contributed by atoms with van der Waals surface area (Å²) in [7, 11) is 0. The number of halogens is 3. The molecule has 1 aliphatic heterocycles. The van der Waals surface area contributed by atoms with Crippen LogP contribution in [0.3, 0.4) is 0 Å². The Morgan fingerprint density at radius 3 is 2.43 bits per heavy atom. The topological polar surface area (TPSA) is 58.2 Å². The van der Waals surface area contributed by atoms with E-state index in [0.29, 0.717) is 24.2 Å². The Kier molecular flexibility index (Phi) is 5.65. The van der Waals surface area contributed by atoms with Crippen molar-refractivity contribution in [2.24, 2.45) is 34.5 Å². The van der Waals surface area contributed by atoms with E-state index in [-0.39, 0.29) is 28.3 Å². The second-order valence-corrected chi connectivity index (χ2v) is 11.9.